The van der Waals surface area contributed by atoms with Crippen LogP contribution >= 0.6 is 7.82 Å². The molecule has 0 radical (unpaired) electrons. The third-order valence-electron chi connectivity index (χ3n) is 9.67. The highest BCUT2D eigenvalue weighted by molar-refractivity contribution is 7.47. The van der Waals surface area contributed by atoms with Crippen molar-refractivity contribution >= 4 is 13.7 Å². The summed E-state index contributed by atoms with van der Waals surface area (Å²) >= 11 is 0. The predicted molar refractivity (Wildman–Crippen MR) is 221 cm³/mol. The minimum Gasteiger partial charge on any atom is -0.387 e. The molecule has 0 saturated heterocycles. The van der Waals surface area contributed by atoms with Crippen molar-refractivity contribution < 1.29 is 32.9 Å². The molecule has 0 spiro atoms. The fourth-order valence-electron chi connectivity index (χ4n) is 6.15. The molecule has 0 fully saturated rings. The van der Waals surface area contributed by atoms with Crippen LogP contribution in [-0.4, -0.2) is 73.4 Å². The summed E-state index contributed by atoms with van der Waals surface area (Å²) in [5, 5.41) is 13.5. The van der Waals surface area contributed by atoms with Gasteiger partial charge < -0.3 is 19.8 Å². The standard InChI is InChI=1S/C43H85N2O6P/c1-6-8-10-11-12-13-14-15-16-17-18-19-20-21-22-23-24-25-26-27-28-29-30-31-32-33-34-35-36-42(46)41(44-43(47)37-9-7-2)40-51-52(48,49)50-39-38-45(3,4)5/h31-32,35-36,41-42,46H,6-30,33-34,37-40H2,1-5H3,(H-,44,47,48,49)/p+1/b32-31+,36-35+. The molecule has 0 rings (SSSR count). The molecule has 0 aliphatic heterocycles. The maximum absolute atomic E-state index is 12.4. The van der Waals surface area contributed by atoms with E-state index in [0.717, 1.165) is 32.1 Å². The molecule has 9 heteroatoms. The summed E-state index contributed by atoms with van der Waals surface area (Å²) in [5.74, 6) is -0.222. The average Bonchev–Trinajstić information content (AvgIpc) is 3.09. The summed E-state index contributed by atoms with van der Waals surface area (Å²) in [6.45, 7) is 4.55. The van der Waals surface area contributed by atoms with Gasteiger partial charge in [0.15, 0.2) is 0 Å². The van der Waals surface area contributed by atoms with E-state index in [1.54, 1.807) is 6.08 Å². The minimum atomic E-state index is -4.32. The number of amides is 1. The highest BCUT2D eigenvalue weighted by Gasteiger charge is 2.27. The Bertz CT molecular complexity index is 907. The van der Waals surface area contributed by atoms with E-state index in [9.17, 15) is 19.4 Å². The Morgan fingerprint density at radius 2 is 1.06 bits per heavy atom. The van der Waals surface area contributed by atoms with Gasteiger partial charge in [-0.3, -0.25) is 13.8 Å². The van der Waals surface area contributed by atoms with Gasteiger partial charge in [0.1, 0.15) is 13.2 Å². The van der Waals surface area contributed by atoms with E-state index in [2.05, 4.69) is 24.4 Å². The third-order valence-corrected chi connectivity index (χ3v) is 10.7. The van der Waals surface area contributed by atoms with Crippen molar-refractivity contribution in [1.29, 1.82) is 0 Å². The second kappa shape index (κ2) is 35.7. The number of phosphoric ester groups is 1. The Hall–Kier alpha value is -1.02. The van der Waals surface area contributed by atoms with Crippen LogP contribution in [0.3, 0.4) is 0 Å². The van der Waals surface area contributed by atoms with E-state index >= 15 is 0 Å². The van der Waals surface area contributed by atoms with Gasteiger partial charge in [0.25, 0.3) is 0 Å². The molecule has 3 unspecified atom stereocenters. The number of rotatable bonds is 39. The number of unbranched alkanes of at least 4 members (excludes halogenated alkanes) is 24. The predicted octanol–water partition coefficient (Wildman–Crippen LogP) is 11.7. The van der Waals surface area contributed by atoms with Crippen LogP contribution in [-0.2, 0) is 18.4 Å². The van der Waals surface area contributed by atoms with Gasteiger partial charge in [0.05, 0.1) is 39.9 Å². The van der Waals surface area contributed by atoms with Crippen molar-refractivity contribution in [3.8, 4) is 0 Å². The fourth-order valence-corrected chi connectivity index (χ4v) is 6.89. The number of aliphatic hydroxyl groups is 1. The molecule has 0 bridgehead atoms. The summed E-state index contributed by atoms with van der Waals surface area (Å²) in [7, 11) is 1.55. The molecule has 1 amide bonds. The van der Waals surface area contributed by atoms with Crippen LogP contribution in [0, 0.1) is 0 Å². The third kappa shape index (κ3) is 37.3. The smallest absolute Gasteiger partial charge is 0.387 e. The molecule has 3 atom stereocenters. The largest absolute Gasteiger partial charge is 0.472 e. The molecule has 8 nitrogen and oxygen atoms in total. The van der Waals surface area contributed by atoms with Crippen LogP contribution in [0.2, 0.25) is 0 Å². The van der Waals surface area contributed by atoms with Crippen LogP contribution in [0.4, 0.5) is 0 Å². The van der Waals surface area contributed by atoms with Crippen molar-refractivity contribution in [3.05, 3.63) is 24.3 Å². The lowest BCUT2D eigenvalue weighted by atomic mass is 10.0. The van der Waals surface area contributed by atoms with Gasteiger partial charge in [-0.25, -0.2) is 4.57 Å². The molecular weight excluding hydrogens is 671 g/mol. The van der Waals surface area contributed by atoms with Gasteiger partial charge in [0, 0.05) is 6.42 Å². The zero-order valence-corrected chi connectivity index (χ0v) is 35.7. The highest BCUT2D eigenvalue weighted by Crippen LogP contribution is 2.43. The summed E-state index contributed by atoms with van der Waals surface area (Å²) in [5.41, 5.74) is 0. The van der Waals surface area contributed by atoms with Crippen LogP contribution < -0.4 is 5.32 Å². The Morgan fingerprint density at radius 1 is 0.635 bits per heavy atom. The molecular formula is C43H86N2O6P+. The average molecular weight is 758 g/mol. The monoisotopic (exact) mass is 758 g/mol. The van der Waals surface area contributed by atoms with Gasteiger partial charge in [-0.05, 0) is 32.1 Å². The number of likely N-dealkylation sites (N-methyl/N-ethyl adjacent to an activating group) is 1. The number of nitrogens with zero attached hydrogens (tertiary/aromatic N) is 1. The summed E-state index contributed by atoms with van der Waals surface area (Å²) < 4.78 is 23.2. The zero-order chi connectivity index (χ0) is 38.6. The van der Waals surface area contributed by atoms with Crippen LogP contribution in [0.15, 0.2) is 24.3 Å². The van der Waals surface area contributed by atoms with Crippen LogP contribution in [0.25, 0.3) is 0 Å². The van der Waals surface area contributed by atoms with E-state index < -0.39 is 20.0 Å². The van der Waals surface area contributed by atoms with Gasteiger partial charge in [-0.1, -0.05) is 179 Å². The lowest BCUT2D eigenvalue weighted by Gasteiger charge is -2.25. The Labute approximate surface area is 322 Å². The molecule has 0 aromatic heterocycles. The quantitative estimate of drug-likeness (QED) is 0.0250. The van der Waals surface area contributed by atoms with Crippen molar-refractivity contribution in [2.75, 3.05) is 40.9 Å². The summed E-state index contributed by atoms with van der Waals surface area (Å²) in [4.78, 5) is 22.4. The molecule has 0 saturated carbocycles. The van der Waals surface area contributed by atoms with Crippen molar-refractivity contribution in [2.24, 2.45) is 0 Å². The number of carbonyl (C=O) groups is 1. The lowest BCUT2D eigenvalue weighted by molar-refractivity contribution is -0.870. The van der Waals surface area contributed by atoms with Crippen LogP contribution in [0.5, 0.6) is 0 Å². The summed E-state index contributed by atoms with van der Waals surface area (Å²) in [6.07, 6.45) is 42.5. The summed E-state index contributed by atoms with van der Waals surface area (Å²) in [6, 6.07) is -0.854. The molecule has 52 heavy (non-hydrogen) atoms. The van der Waals surface area contributed by atoms with Crippen molar-refractivity contribution in [3.63, 3.8) is 0 Å². The van der Waals surface area contributed by atoms with E-state index in [1.807, 2.05) is 34.1 Å². The fraction of sp³-hybridized carbons (Fsp3) is 0.884. The second-order valence-corrected chi connectivity index (χ2v) is 17.5. The maximum atomic E-state index is 12.4. The first kappa shape index (κ1) is 51.0. The van der Waals surface area contributed by atoms with Gasteiger partial charge in [-0.2, -0.15) is 0 Å². The minimum absolute atomic E-state index is 0.0560. The Kier molecular flexibility index (Phi) is 35.0. The highest BCUT2D eigenvalue weighted by atomic mass is 31.2. The number of hydrogen-bond donors (Lipinski definition) is 3. The first-order chi connectivity index (χ1) is 25.0. The SMILES string of the molecule is CCCCCCCCCCCCCCCCCCCCCCCC/C=C/CC/C=C/C(O)C(COP(=O)(O)OCC[N+](C)(C)C)NC(=O)CCCC. The molecule has 3 N–H and O–H groups in total. The first-order valence-electron chi connectivity index (χ1n) is 21.7. The Morgan fingerprint density at radius 3 is 1.52 bits per heavy atom. The van der Waals surface area contributed by atoms with E-state index in [0.29, 0.717) is 17.4 Å². The van der Waals surface area contributed by atoms with E-state index in [1.165, 1.54) is 141 Å². The number of allylic oxidation sites excluding steroid dienone is 3. The number of quaternary nitrogens is 1. The maximum Gasteiger partial charge on any atom is 0.472 e. The van der Waals surface area contributed by atoms with E-state index in [4.69, 9.17) is 9.05 Å². The zero-order valence-electron chi connectivity index (χ0n) is 34.8. The van der Waals surface area contributed by atoms with E-state index in [-0.39, 0.29) is 19.1 Å². The van der Waals surface area contributed by atoms with Crippen molar-refractivity contribution in [2.45, 2.75) is 206 Å². The van der Waals surface area contributed by atoms with Crippen LogP contribution in [0.1, 0.15) is 194 Å². The molecule has 0 aliphatic carbocycles. The van der Waals surface area contributed by atoms with Gasteiger partial charge in [-0.15, -0.1) is 0 Å². The molecule has 0 heterocycles. The molecule has 308 valence electrons. The lowest BCUT2D eigenvalue weighted by Crippen LogP contribution is -2.45. The Balaban J connectivity index is 3.90. The number of carbonyl (C=O) groups excluding carboxylic acids is 1. The topological polar surface area (TPSA) is 105 Å². The second-order valence-electron chi connectivity index (χ2n) is 16.1. The molecule has 0 aromatic carbocycles. The molecule has 0 aromatic rings. The van der Waals surface area contributed by atoms with Crippen molar-refractivity contribution in [1.82, 2.24) is 5.32 Å². The number of nitrogens with one attached hydrogen (secondary N) is 1. The first-order valence-corrected chi connectivity index (χ1v) is 23.2. The number of aliphatic hydroxyl groups excluding tert-OH is 1. The molecule has 0 aliphatic rings. The van der Waals surface area contributed by atoms with Gasteiger partial charge >= 0.3 is 7.82 Å². The normalized spacial score (nSPS) is 14.7. The van der Waals surface area contributed by atoms with Gasteiger partial charge in [0.2, 0.25) is 5.91 Å². The number of hydrogen-bond acceptors (Lipinski definition) is 5. The number of phosphoric acid groups is 1.